The highest BCUT2D eigenvalue weighted by Crippen LogP contribution is 2.61. The third kappa shape index (κ3) is 5.82. The van der Waals surface area contributed by atoms with Gasteiger partial charge in [-0.25, -0.2) is 0 Å². The minimum Gasteiger partial charge on any atom is -0.310 e. The van der Waals surface area contributed by atoms with E-state index >= 15 is 0 Å². The first kappa shape index (κ1) is 35.0. The predicted octanol–water partition coefficient (Wildman–Crippen LogP) is 14.8. The molecule has 0 radical (unpaired) electrons. The minimum atomic E-state index is -0.169. The van der Waals surface area contributed by atoms with Crippen LogP contribution >= 0.6 is 0 Å². The quantitative estimate of drug-likeness (QED) is 0.162. The van der Waals surface area contributed by atoms with Crippen molar-refractivity contribution in [1.29, 1.82) is 5.26 Å². The highest BCUT2D eigenvalue weighted by Gasteiger charge is 2.51. The molecule has 4 fully saturated rings. The maximum absolute atomic E-state index is 9.32. The molecule has 58 heavy (non-hydrogen) atoms. The average molecular weight is 749 g/mol. The number of anilines is 3. The molecule has 12 rings (SSSR count). The maximum atomic E-state index is 9.32. The second-order valence-electron chi connectivity index (χ2n) is 18.4. The number of nitrogens with zero attached hydrogens (tertiary/aromatic N) is 2. The lowest BCUT2D eigenvalue weighted by molar-refractivity contribution is -0.00518. The van der Waals surface area contributed by atoms with Crippen LogP contribution in [0.15, 0.2) is 164 Å². The molecule has 0 saturated heterocycles. The Morgan fingerprint density at radius 3 is 1.45 bits per heavy atom. The van der Waals surface area contributed by atoms with Crippen LogP contribution in [0.1, 0.15) is 74.6 Å². The maximum Gasteiger partial charge on any atom is 0.0991 e. The average Bonchev–Trinajstić information content (AvgIpc) is 3.49. The molecular formula is C56H48N2. The van der Waals surface area contributed by atoms with Crippen LogP contribution in [-0.2, 0) is 10.8 Å². The van der Waals surface area contributed by atoms with E-state index in [9.17, 15) is 5.26 Å². The summed E-state index contributed by atoms with van der Waals surface area (Å²) in [6.45, 7) is 4.79. The van der Waals surface area contributed by atoms with Gasteiger partial charge >= 0.3 is 0 Å². The number of hydrogen-bond acceptors (Lipinski definition) is 2. The first-order valence-electron chi connectivity index (χ1n) is 21.3. The van der Waals surface area contributed by atoms with E-state index in [1.54, 1.807) is 5.56 Å². The number of benzene rings is 7. The van der Waals surface area contributed by atoms with Crippen LogP contribution < -0.4 is 4.90 Å². The molecule has 0 amide bonds. The highest BCUT2D eigenvalue weighted by molar-refractivity contribution is 5.88. The topological polar surface area (TPSA) is 27.0 Å². The lowest BCUT2D eigenvalue weighted by Crippen LogP contribution is -2.48. The first-order valence-corrected chi connectivity index (χ1v) is 21.3. The fraction of sp³-hybridized carbons (Fsp3) is 0.232. The molecule has 0 aliphatic heterocycles. The minimum absolute atomic E-state index is 0.169. The smallest absolute Gasteiger partial charge is 0.0991 e. The monoisotopic (exact) mass is 748 g/mol. The molecule has 5 aliphatic rings. The lowest BCUT2D eigenvalue weighted by Gasteiger charge is -2.57. The van der Waals surface area contributed by atoms with Crippen LogP contribution in [0.2, 0.25) is 0 Å². The van der Waals surface area contributed by atoms with Crippen molar-refractivity contribution in [2.24, 2.45) is 17.8 Å². The summed E-state index contributed by atoms with van der Waals surface area (Å²) in [5.41, 5.74) is 18.5. The molecule has 5 aliphatic carbocycles. The zero-order chi connectivity index (χ0) is 39.0. The van der Waals surface area contributed by atoms with Crippen molar-refractivity contribution in [3.63, 3.8) is 0 Å². The van der Waals surface area contributed by atoms with E-state index in [-0.39, 0.29) is 5.41 Å². The molecule has 7 aromatic rings. The molecule has 4 bridgehead atoms. The van der Waals surface area contributed by atoms with E-state index in [0.29, 0.717) is 11.0 Å². The molecule has 0 unspecified atom stereocenters. The van der Waals surface area contributed by atoms with Crippen LogP contribution in [0.25, 0.3) is 44.5 Å². The molecule has 0 heterocycles. The Labute approximate surface area is 343 Å². The molecule has 0 atom stereocenters. The molecular weight excluding hydrogens is 701 g/mol. The number of hydrogen-bond donors (Lipinski definition) is 0. The highest BCUT2D eigenvalue weighted by atomic mass is 15.1. The van der Waals surface area contributed by atoms with E-state index < -0.39 is 0 Å². The summed E-state index contributed by atoms with van der Waals surface area (Å²) < 4.78 is 0. The fourth-order valence-corrected chi connectivity index (χ4v) is 11.9. The first-order chi connectivity index (χ1) is 28.3. The second kappa shape index (κ2) is 13.5. The summed E-state index contributed by atoms with van der Waals surface area (Å²) in [5, 5.41) is 9.32. The van der Waals surface area contributed by atoms with Crippen molar-refractivity contribution >= 4 is 17.1 Å². The van der Waals surface area contributed by atoms with Crippen LogP contribution in [0.3, 0.4) is 0 Å². The van der Waals surface area contributed by atoms with Crippen LogP contribution in [0.4, 0.5) is 17.1 Å². The summed E-state index contributed by atoms with van der Waals surface area (Å²) in [7, 11) is 0. The SMILES string of the molecule is CC1(C)c2cc(-c3ccc(C45CC6CC(CC(C6)C4)C5)cc3)ccc2-c2ccc(N(c3ccc(-c4ccccc4)cc3)c3ccc(-c4ccc(C#N)cc4)cc3)cc21. The Hall–Kier alpha value is -6.17. The van der Waals surface area contributed by atoms with Gasteiger partial charge in [-0.15, -0.1) is 0 Å². The zero-order valence-electron chi connectivity index (χ0n) is 33.5. The standard InChI is InChI=1S/C56H48N2/c1-55(2)53-31-46(45-12-19-47(20-13-45)56-33-38-28-39(34-56)30-40(29-38)35-56)18-26-51(53)52-27-25-50(32-54(52)55)58(48-21-14-43(15-22-48)41-6-4-3-5-7-41)49-23-16-44(17-24-49)42-10-8-37(36-57)9-11-42/h3-27,31-32,38-40H,28-30,33-35H2,1-2H3. The van der Waals surface area contributed by atoms with Gasteiger partial charge in [0.1, 0.15) is 0 Å². The Kier molecular flexibility index (Phi) is 8.13. The third-order valence-corrected chi connectivity index (χ3v) is 14.5. The molecule has 4 saturated carbocycles. The van der Waals surface area contributed by atoms with Gasteiger partial charge in [0.2, 0.25) is 0 Å². The summed E-state index contributed by atoms with van der Waals surface area (Å²) in [6.07, 6.45) is 8.68. The largest absolute Gasteiger partial charge is 0.310 e. The van der Waals surface area contributed by atoms with Crippen LogP contribution in [-0.4, -0.2) is 0 Å². The lowest BCUT2D eigenvalue weighted by atomic mass is 9.48. The Balaban J connectivity index is 0.929. The van der Waals surface area contributed by atoms with Crippen molar-refractivity contribution in [2.45, 2.75) is 63.2 Å². The van der Waals surface area contributed by atoms with Gasteiger partial charge in [0, 0.05) is 22.5 Å². The zero-order valence-corrected chi connectivity index (χ0v) is 33.5. The normalized spacial score (nSPS) is 21.9. The van der Waals surface area contributed by atoms with Gasteiger partial charge in [-0.2, -0.15) is 5.26 Å². The van der Waals surface area contributed by atoms with Gasteiger partial charge in [-0.05, 0) is 177 Å². The number of fused-ring (bicyclic) bond motifs is 3. The van der Waals surface area contributed by atoms with Crippen molar-refractivity contribution in [1.82, 2.24) is 0 Å². The van der Waals surface area contributed by atoms with E-state index in [2.05, 4.69) is 164 Å². The summed E-state index contributed by atoms with van der Waals surface area (Å²) in [4.78, 5) is 2.38. The molecule has 2 nitrogen and oxygen atoms in total. The van der Waals surface area contributed by atoms with Gasteiger partial charge in [0.15, 0.2) is 0 Å². The molecule has 282 valence electrons. The van der Waals surface area contributed by atoms with Crippen LogP contribution in [0, 0.1) is 29.1 Å². The van der Waals surface area contributed by atoms with Gasteiger partial charge in [-0.3, -0.25) is 0 Å². The van der Waals surface area contributed by atoms with E-state index in [1.165, 1.54) is 83.0 Å². The number of nitriles is 1. The van der Waals surface area contributed by atoms with Crippen molar-refractivity contribution in [2.75, 3.05) is 4.90 Å². The fourth-order valence-electron chi connectivity index (χ4n) is 11.9. The summed E-state index contributed by atoms with van der Waals surface area (Å²) >= 11 is 0. The molecule has 2 heteroatoms. The molecule has 7 aromatic carbocycles. The van der Waals surface area contributed by atoms with Crippen molar-refractivity contribution in [3.8, 4) is 50.6 Å². The third-order valence-electron chi connectivity index (χ3n) is 14.5. The summed E-state index contributed by atoms with van der Waals surface area (Å²) in [5.74, 6) is 2.87. The Bertz CT molecular complexity index is 2660. The van der Waals surface area contributed by atoms with Crippen molar-refractivity contribution in [3.05, 3.63) is 186 Å². The van der Waals surface area contributed by atoms with Gasteiger partial charge < -0.3 is 4.90 Å². The van der Waals surface area contributed by atoms with Crippen molar-refractivity contribution < 1.29 is 0 Å². The molecule has 0 aromatic heterocycles. The number of rotatable bonds is 7. The van der Waals surface area contributed by atoms with Crippen LogP contribution in [0.5, 0.6) is 0 Å². The summed E-state index contributed by atoms with van der Waals surface area (Å²) in [6, 6.07) is 62.4. The van der Waals surface area contributed by atoms with Gasteiger partial charge in [0.05, 0.1) is 11.6 Å². The van der Waals surface area contributed by atoms with E-state index in [1.807, 2.05) is 24.3 Å². The Morgan fingerprint density at radius 1 is 0.466 bits per heavy atom. The predicted molar refractivity (Wildman–Crippen MR) is 240 cm³/mol. The van der Waals surface area contributed by atoms with E-state index in [4.69, 9.17) is 0 Å². The molecule has 0 spiro atoms. The van der Waals surface area contributed by atoms with Gasteiger partial charge in [0.25, 0.3) is 0 Å². The Morgan fingerprint density at radius 2 is 0.897 bits per heavy atom. The van der Waals surface area contributed by atoms with E-state index in [0.717, 1.165) is 45.9 Å². The second-order valence-corrected chi connectivity index (χ2v) is 18.4. The molecule has 0 N–H and O–H groups in total. The van der Waals surface area contributed by atoms with Gasteiger partial charge in [-0.1, -0.05) is 123 Å².